The summed E-state index contributed by atoms with van der Waals surface area (Å²) in [6, 6.07) is 0. The molecular formula is C8H12N4OS. The number of hydrogen-bond acceptors (Lipinski definition) is 6. The number of hydrogen-bond donors (Lipinski definition) is 1. The second-order valence-corrected chi connectivity index (χ2v) is 4.03. The molecule has 1 aromatic rings. The van der Waals surface area contributed by atoms with Crippen LogP contribution in [-0.2, 0) is 6.42 Å². The molecule has 1 aliphatic heterocycles. The smallest absolute Gasteiger partial charge is 0.228 e. The molecule has 0 aromatic carbocycles. The van der Waals surface area contributed by atoms with Crippen molar-refractivity contribution in [1.29, 1.82) is 0 Å². The van der Waals surface area contributed by atoms with Gasteiger partial charge in [-0.05, 0) is 6.92 Å². The molecule has 2 rings (SSSR count). The second kappa shape index (κ2) is 4.45. The first-order chi connectivity index (χ1) is 6.84. The van der Waals surface area contributed by atoms with Gasteiger partial charge in [0, 0.05) is 18.7 Å². The van der Waals surface area contributed by atoms with Crippen LogP contribution in [0.25, 0.3) is 0 Å². The summed E-state index contributed by atoms with van der Waals surface area (Å²) >= 11 is 1.75. The van der Waals surface area contributed by atoms with Crippen molar-refractivity contribution in [2.75, 3.05) is 18.8 Å². The van der Waals surface area contributed by atoms with E-state index in [-0.39, 0.29) is 0 Å². The minimum absolute atomic E-state index is 0.679. The summed E-state index contributed by atoms with van der Waals surface area (Å²) in [6.45, 7) is 3.54. The Bertz CT molecular complexity index is 336. The summed E-state index contributed by atoms with van der Waals surface area (Å²) in [6.07, 6.45) is 0.750. The number of aryl methyl sites for hydroxylation is 1. The van der Waals surface area contributed by atoms with Crippen molar-refractivity contribution >= 4 is 16.9 Å². The zero-order chi connectivity index (χ0) is 9.80. The Morgan fingerprint density at radius 1 is 1.57 bits per heavy atom. The van der Waals surface area contributed by atoms with Crippen LogP contribution in [0.2, 0.25) is 0 Å². The highest BCUT2D eigenvalue weighted by Crippen LogP contribution is 2.08. The maximum Gasteiger partial charge on any atom is 0.228 e. The molecule has 0 bridgehead atoms. The first kappa shape index (κ1) is 9.51. The SMILES string of the molecule is Cc1noc(CCNC2=NCCS2)n1. The molecule has 6 heteroatoms. The van der Waals surface area contributed by atoms with Gasteiger partial charge >= 0.3 is 0 Å². The summed E-state index contributed by atoms with van der Waals surface area (Å²) in [5.74, 6) is 2.45. The van der Waals surface area contributed by atoms with Crippen LogP contribution < -0.4 is 5.32 Å². The molecule has 0 saturated carbocycles. The van der Waals surface area contributed by atoms with Gasteiger partial charge in [-0.15, -0.1) is 0 Å². The minimum Gasteiger partial charge on any atom is -0.364 e. The largest absolute Gasteiger partial charge is 0.364 e. The molecule has 76 valence electrons. The number of nitrogens with zero attached hydrogens (tertiary/aromatic N) is 3. The third-order valence-corrected chi connectivity index (χ3v) is 2.70. The van der Waals surface area contributed by atoms with Crippen LogP contribution in [-0.4, -0.2) is 34.2 Å². The highest BCUT2D eigenvalue weighted by atomic mass is 32.2. The molecule has 2 heterocycles. The molecule has 0 atom stereocenters. The molecule has 0 saturated heterocycles. The number of amidine groups is 1. The van der Waals surface area contributed by atoms with Gasteiger partial charge in [0.15, 0.2) is 11.0 Å². The monoisotopic (exact) mass is 212 g/mol. The number of aromatic nitrogens is 2. The lowest BCUT2D eigenvalue weighted by atomic mass is 10.4. The van der Waals surface area contributed by atoms with Crippen molar-refractivity contribution in [1.82, 2.24) is 15.5 Å². The van der Waals surface area contributed by atoms with Crippen molar-refractivity contribution in [2.45, 2.75) is 13.3 Å². The normalized spacial score (nSPS) is 15.6. The van der Waals surface area contributed by atoms with Crippen LogP contribution in [0.5, 0.6) is 0 Å². The molecule has 0 radical (unpaired) electrons. The van der Waals surface area contributed by atoms with E-state index in [2.05, 4.69) is 20.4 Å². The van der Waals surface area contributed by atoms with Crippen LogP contribution in [0.1, 0.15) is 11.7 Å². The van der Waals surface area contributed by atoms with Crippen LogP contribution in [0.15, 0.2) is 9.52 Å². The molecule has 14 heavy (non-hydrogen) atoms. The molecule has 1 aliphatic rings. The molecular weight excluding hydrogens is 200 g/mol. The zero-order valence-corrected chi connectivity index (χ0v) is 8.80. The Morgan fingerprint density at radius 3 is 3.14 bits per heavy atom. The first-order valence-electron chi connectivity index (χ1n) is 4.55. The van der Waals surface area contributed by atoms with E-state index in [9.17, 15) is 0 Å². The fraction of sp³-hybridized carbons (Fsp3) is 0.625. The molecule has 0 aliphatic carbocycles. The van der Waals surface area contributed by atoms with Crippen molar-refractivity contribution < 1.29 is 4.52 Å². The average molecular weight is 212 g/mol. The topological polar surface area (TPSA) is 63.3 Å². The highest BCUT2D eigenvalue weighted by molar-refractivity contribution is 8.14. The summed E-state index contributed by atoms with van der Waals surface area (Å²) in [5.41, 5.74) is 0. The third kappa shape index (κ3) is 2.47. The van der Waals surface area contributed by atoms with Crippen molar-refractivity contribution in [3.63, 3.8) is 0 Å². The molecule has 0 fully saturated rings. The van der Waals surface area contributed by atoms with Gasteiger partial charge in [0.2, 0.25) is 5.89 Å². The molecule has 1 aromatic heterocycles. The maximum absolute atomic E-state index is 4.98. The van der Waals surface area contributed by atoms with E-state index in [0.717, 1.165) is 30.4 Å². The minimum atomic E-state index is 0.679. The number of nitrogens with one attached hydrogen (secondary N) is 1. The molecule has 0 amide bonds. The fourth-order valence-corrected chi connectivity index (χ4v) is 1.92. The zero-order valence-electron chi connectivity index (χ0n) is 7.99. The Balaban J connectivity index is 1.72. The van der Waals surface area contributed by atoms with E-state index in [1.54, 1.807) is 11.8 Å². The lowest BCUT2D eigenvalue weighted by molar-refractivity contribution is 0.375. The van der Waals surface area contributed by atoms with Crippen molar-refractivity contribution in [3.8, 4) is 0 Å². The van der Waals surface area contributed by atoms with Crippen molar-refractivity contribution in [2.24, 2.45) is 4.99 Å². The Hall–Kier alpha value is -1.04. The molecule has 0 spiro atoms. The van der Waals surface area contributed by atoms with Gasteiger partial charge in [0.1, 0.15) is 0 Å². The highest BCUT2D eigenvalue weighted by Gasteiger charge is 2.07. The lowest BCUT2D eigenvalue weighted by Gasteiger charge is -2.01. The van der Waals surface area contributed by atoms with Crippen LogP contribution in [0.4, 0.5) is 0 Å². The molecule has 5 nitrogen and oxygen atoms in total. The van der Waals surface area contributed by atoms with E-state index in [1.807, 2.05) is 6.92 Å². The second-order valence-electron chi connectivity index (χ2n) is 2.95. The number of thioether (sulfide) groups is 1. The predicted octanol–water partition coefficient (Wildman–Crippen LogP) is 0.613. The van der Waals surface area contributed by atoms with E-state index in [0.29, 0.717) is 11.7 Å². The van der Waals surface area contributed by atoms with Gasteiger partial charge in [-0.1, -0.05) is 16.9 Å². The third-order valence-electron chi connectivity index (χ3n) is 1.77. The lowest BCUT2D eigenvalue weighted by Crippen LogP contribution is -2.21. The predicted molar refractivity (Wildman–Crippen MR) is 55.5 cm³/mol. The fourth-order valence-electron chi connectivity index (χ4n) is 1.16. The summed E-state index contributed by atoms with van der Waals surface area (Å²) in [7, 11) is 0. The first-order valence-corrected chi connectivity index (χ1v) is 5.53. The van der Waals surface area contributed by atoms with Crippen LogP contribution in [0, 0.1) is 6.92 Å². The Kier molecular flexibility index (Phi) is 3.03. The summed E-state index contributed by atoms with van der Waals surface area (Å²) < 4.78 is 4.98. The van der Waals surface area contributed by atoms with Gasteiger partial charge in [0.25, 0.3) is 0 Å². The van der Waals surface area contributed by atoms with Gasteiger partial charge < -0.3 is 9.84 Å². The Labute approximate surface area is 86.4 Å². The van der Waals surface area contributed by atoms with Gasteiger partial charge in [-0.3, -0.25) is 4.99 Å². The van der Waals surface area contributed by atoms with E-state index < -0.39 is 0 Å². The molecule has 1 N–H and O–H groups in total. The van der Waals surface area contributed by atoms with E-state index >= 15 is 0 Å². The van der Waals surface area contributed by atoms with Gasteiger partial charge in [0.05, 0.1) is 6.54 Å². The number of aliphatic imine (C=N–C) groups is 1. The van der Waals surface area contributed by atoms with Crippen molar-refractivity contribution in [3.05, 3.63) is 11.7 Å². The van der Waals surface area contributed by atoms with Crippen LogP contribution in [0.3, 0.4) is 0 Å². The van der Waals surface area contributed by atoms with E-state index in [4.69, 9.17) is 4.52 Å². The Morgan fingerprint density at radius 2 is 2.50 bits per heavy atom. The van der Waals surface area contributed by atoms with Gasteiger partial charge in [-0.2, -0.15) is 4.98 Å². The quantitative estimate of drug-likeness (QED) is 0.795. The molecule has 0 unspecified atom stereocenters. The van der Waals surface area contributed by atoms with Gasteiger partial charge in [-0.25, -0.2) is 0 Å². The average Bonchev–Trinajstić information content (AvgIpc) is 2.77. The summed E-state index contributed by atoms with van der Waals surface area (Å²) in [4.78, 5) is 8.38. The number of rotatable bonds is 3. The summed E-state index contributed by atoms with van der Waals surface area (Å²) in [5, 5.41) is 7.97. The van der Waals surface area contributed by atoms with E-state index in [1.165, 1.54) is 0 Å². The maximum atomic E-state index is 4.98. The standard InChI is InChI=1S/C8H12N4OS/c1-6-11-7(13-12-6)2-3-9-8-10-4-5-14-8/h2-5H2,1H3,(H,9,10). The van der Waals surface area contributed by atoms with Crippen LogP contribution >= 0.6 is 11.8 Å².